The molecule has 1 aromatic carbocycles. The summed E-state index contributed by atoms with van der Waals surface area (Å²) in [6, 6.07) is 9.96. The average molecular weight is 310 g/mol. The Kier molecular flexibility index (Phi) is 5.19. The smallest absolute Gasteiger partial charge is 0.113 e. The second-order valence-corrected chi connectivity index (χ2v) is 7.18. The van der Waals surface area contributed by atoms with E-state index in [2.05, 4.69) is 32.2 Å². The first-order chi connectivity index (χ1) is 9.44. The fraction of sp³-hybridized carbons (Fsp3) is 0.375. The van der Waals surface area contributed by atoms with E-state index in [-0.39, 0.29) is 5.54 Å². The Labute approximate surface area is 129 Å². The zero-order chi connectivity index (χ0) is 14.6. The molecule has 0 saturated carbocycles. The van der Waals surface area contributed by atoms with Crippen molar-refractivity contribution in [1.29, 1.82) is 0 Å². The number of thioether (sulfide) groups is 1. The van der Waals surface area contributed by atoms with Gasteiger partial charge >= 0.3 is 0 Å². The molecule has 2 aromatic rings. The number of hydrogen-bond acceptors (Lipinski definition) is 3. The molecule has 0 unspecified atom stereocenters. The van der Waals surface area contributed by atoms with Crippen LogP contribution in [0.4, 0.5) is 0 Å². The number of furan rings is 1. The number of hydrogen-bond donors (Lipinski definition) is 1. The highest BCUT2D eigenvalue weighted by Crippen LogP contribution is 2.29. The van der Waals surface area contributed by atoms with E-state index in [1.54, 1.807) is 18.0 Å². The zero-order valence-electron chi connectivity index (χ0n) is 12.1. The number of nitrogens with one attached hydrogen (secondary N) is 1. The maximum atomic E-state index is 6.11. The molecule has 0 radical (unpaired) electrons. The summed E-state index contributed by atoms with van der Waals surface area (Å²) in [7, 11) is 0. The van der Waals surface area contributed by atoms with Gasteiger partial charge in [-0.25, -0.2) is 0 Å². The summed E-state index contributed by atoms with van der Waals surface area (Å²) in [6.07, 6.45) is 1.70. The van der Waals surface area contributed by atoms with Crippen LogP contribution in [0.15, 0.2) is 45.9 Å². The van der Waals surface area contributed by atoms with Crippen molar-refractivity contribution in [2.24, 2.45) is 0 Å². The monoisotopic (exact) mass is 309 g/mol. The van der Waals surface area contributed by atoms with Gasteiger partial charge in [-0.05, 0) is 50.6 Å². The molecule has 0 saturated heterocycles. The summed E-state index contributed by atoms with van der Waals surface area (Å²) in [6.45, 7) is 7.33. The molecule has 2 rings (SSSR count). The third-order valence-electron chi connectivity index (χ3n) is 2.79. The quantitative estimate of drug-likeness (QED) is 0.777. The first kappa shape index (κ1) is 15.5. The van der Waals surface area contributed by atoms with Gasteiger partial charge < -0.3 is 9.73 Å². The lowest BCUT2D eigenvalue weighted by atomic mass is 10.1. The summed E-state index contributed by atoms with van der Waals surface area (Å²) in [5.41, 5.74) is 1.36. The zero-order valence-corrected chi connectivity index (χ0v) is 13.6. The van der Waals surface area contributed by atoms with Gasteiger partial charge in [0.2, 0.25) is 0 Å². The normalized spacial score (nSPS) is 11.8. The van der Waals surface area contributed by atoms with Gasteiger partial charge in [0, 0.05) is 22.0 Å². The molecule has 0 aliphatic heterocycles. The van der Waals surface area contributed by atoms with Gasteiger partial charge in [-0.15, -0.1) is 11.8 Å². The first-order valence-corrected chi connectivity index (χ1v) is 7.99. The van der Waals surface area contributed by atoms with Gasteiger partial charge in [0.05, 0.1) is 12.0 Å². The van der Waals surface area contributed by atoms with Crippen LogP contribution in [0.5, 0.6) is 0 Å². The molecule has 0 aliphatic rings. The molecular weight excluding hydrogens is 290 g/mol. The maximum absolute atomic E-state index is 6.11. The van der Waals surface area contributed by atoms with Crippen LogP contribution in [-0.2, 0) is 12.3 Å². The topological polar surface area (TPSA) is 25.2 Å². The van der Waals surface area contributed by atoms with Crippen molar-refractivity contribution in [3.8, 4) is 0 Å². The Bertz CT molecular complexity index is 546. The van der Waals surface area contributed by atoms with Crippen molar-refractivity contribution in [2.75, 3.05) is 0 Å². The van der Waals surface area contributed by atoms with Gasteiger partial charge in [-0.2, -0.15) is 0 Å². The summed E-state index contributed by atoms with van der Waals surface area (Å²) >= 11 is 7.86. The number of halogens is 1. The molecule has 4 heteroatoms. The van der Waals surface area contributed by atoms with Crippen LogP contribution in [0.25, 0.3) is 0 Å². The summed E-state index contributed by atoms with van der Waals surface area (Å²) < 4.78 is 5.37. The van der Waals surface area contributed by atoms with Crippen LogP contribution >= 0.6 is 23.4 Å². The molecular formula is C16H20ClNOS. The molecule has 2 nitrogen and oxygen atoms in total. The van der Waals surface area contributed by atoms with Crippen molar-refractivity contribution in [3.63, 3.8) is 0 Å². The average Bonchev–Trinajstić information content (AvgIpc) is 2.87. The fourth-order valence-electron chi connectivity index (χ4n) is 1.71. The molecule has 20 heavy (non-hydrogen) atoms. The van der Waals surface area contributed by atoms with E-state index in [0.717, 1.165) is 23.1 Å². The number of rotatable bonds is 5. The highest BCUT2D eigenvalue weighted by atomic mass is 35.5. The van der Waals surface area contributed by atoms with E-state index in [1.165, 1.54) is 10.5 Å². The minimum Gasteiger partial charge on any atom is -0.468 e. The molecule has 1 N–H and O–H groups in total. The van der Waals surface area contributed by atoms with Gasteiger partial charge in [0.25, 0.3) is 0 Å². The van der Waals surface area contributed by atoms with Crippen molar-refractivity contribution < 1.29 is 4.42 Å². The minimum atomic E-state index is 0.0998. The second kappa shape index (κ2) is 6.70. The van der Waals surface area contributed by atoms with Crippen LogP contribution < -0.4 is 5.32 Å². The summed E-state index contributed by atoms with van der Waals surface area (Å²) in [5, 5.41) is 4.28. The largest absolute Gasteiger partial charge is 0.468 e. The highest BCUT2D eigenvalue weighted by Gasteiger charge is 2.11. The van der Waals surface area contributed by atoms with E-state index in [4.69, 9.17) is 16.0 Å². The standard InChI is InChI=1S/C16H20ClNOS/c1-16(2,3)18-10-12-6-7-13(17)9-15(12)20-11-14-5-4-8-19-14/h4-9,18H,10-11H2,1-3H3. The van der Waals surface area contributed by atoms with Crippen LogP contribution in [0.1, 0.15) is 32.1 Å². The Balaban J connectivity index is 2.07. The van der Waals surface area contributed by atoms with Crippen molar-refractivity contribution >= 4 is 23.4 Å². The van der Waals surface area contributed by atoms with Gasteiger partial charge in [0.15, 0.2) is 0 Å². The lowest BCUT2D eigenvalue weighted by molar-refractivity contribution is 0.422. The molecule has 1 aromatic heterocycles. The van der Waals surface area contributed by atoms with E-state index in [9.17, 15) is 0 Å². The summed E-state index contributed by atoms with van der Waals surface area (Å²) in [5.74, 6) is 1.79. The highest BCUT2D eigenvalue weighted by molar-refractivity contribution is 7.98. The SMILES string of the molecule is CC(C)(C)NCc1ccc(Cl)cc1SCc1ccco1. The van der Waals surface area contributed by atoms with E-state index in [1.807, 2.05) is 24.3 Å². The predicted molar refractivity (Wildman–Crippen MR) is 86.3 cm³/mol. The Hall–Kier alpha value is -0.900. The minimum absolute atomic E-state index is 0.0998. The molecule has 0 aliphatic carbocycles. The van der Waals surface area contributed by atoms with E-state index in [0.29, 0.717) is 0 Å². The van der Waals surface area contributed by atoms with Crippen LogP contribution in [-0.4, -0.2) is 5.54 Å². The van der Waals surface area contributed by atoms with Crippen molar-refractivity contribution in [1.82, 2.24) is 5.32 Å². The maximum Gasteiger partial charge on any atom is 0.113 e. The molecule has 0 amide bonds. The first-order valence-electron chi connectivity index (χ1n) is 6.63. The molecule has 0 fully saturated rings. The molecule has 0 atom stereocenters. The Morgan fingerprint density at radius 1 is 1.25 bits per heavy atom. The van der Waals surface area contributed by atoms with E-state index >= 15 is 0 Å². The summed E-state index contributed by atoms with van der Waals surface area (Å²) in [4.78, 5) is 1.20. The molecule has 108 valence electrons. The lowest BCUT2D eigenvalue weighted by Crippen LogP contribution is -2.35. The van der Waals surface area contributed by atoms with Gasteiger partial charge in [-0.1, -0.05) is 17.7 Å². The van der Waals surface area contributed by atoms with Crippen LogP contribution in [0.2, 0.25) is 5.02 Å². The fourth-order valence-corrected chi connectivity index (χ4v) is 2.95. The number of benzene rings is 1. The Morgan fingerprint density at radius 2 is 2.05 bits per heavy atom. The van der Waals surface area contributed by atoms with Crippen molar-refractivity contribution in [2.45, 2.75) is 43.5 Å². The predicted octanol–water partition coefficient (Wildman–Crippen LogP) is 5.11. The lowest BCUT2D eigenvalue weighted by Gasteiger charge is -2.21. The third kappa shape index (κ3) is 4.89. The van der Waals surface area contributed by atoms with Crippen LogP contribution in [0.3, 0.4) is 0 Å². The second-order valence-electron chi connectivity index (χ2n) is 5.72. The van der Waals surface area contributed by atoms with Crippen LogP contribution in [0, 0.1) is 0 Å². The molecule has 1 heterocycles. The van der Waals surface area contributed by atoms with Gasteiger partial charge in [-0.3, -0.25) is 0 Å². The van der Waals surface area contributed by atoms with Crippen molar-refractivity contribution in [3.05, 3.63) is 52.9 Å². The van der Waals surface area contributed by atoms with E-state index < -0.39 is 0 Å². The molecule has 0 spiro atoms. The van der Waals surface area contributed by atoms with Gasteiger partial charge in [0.1, 0.15) is 5.76 Å². The molecule has 0 bridgehead atoms. The Morgan fingerprint density at radius 3 is 2.70 bits per heavy atom. The third-order valence-corrected chi connectivity index (χ3v) is 4.14.